The summed E-state index contributed by atoms with van der Waals surface area (Å²) in [5, 5.41) is 3.74. The SMILES string of the molecule is Cc1c(C(=O)NC2CCOc3ccc(Br)cc32)sc2nc3n(c(=O)c12)CCCCC3. The molecule has 2 aliphatic rings. The number of benzene rings is 1. The van der Waals surface area contributed by atoms with Crippen LogP contribution in [0.5, 0.6) is 5.75 Å². The molecule has 0 bridgehead atoms. The zero-order valence-corrected chi connectivity index (χ0v) is 19.1. The molecule has 1 N–H and O–H groups in total. The number of hydrogen-bond acceptors (Lipinski definition) is 5. The van der Waals surface area contributed by atoms with E-state index < -0.39 is 0 Å². The van der Waals surface area contributed by atoms with E-state index in [1.54, 1.807) is 0 Å². The van der Waals surface area contributed by atoms with Crippen LogP contribution in [0, 0.1) is 6.92 Å². The maximum atomic E-state index is 13.2. The fourth-order valence-electron chi connectivity index (χ4n) is 4.37. The third-order valence-corrected chi connectivity index (χ3v) is 7.61. The normalized spacial score (nSPS) is 18.3. The van der Waals surface area contributed by atoms with Crippen LogP contribution >= 0.6 is 27.3 Å². The van der Waals surface area contributed by atoms with Crippen molar-refractivity contribution in [2.75, 3.05) is 6.61 Å². The molecule has 3 aromatic rings. The van der Waals surface area contributed by atoms with Gasteiger partial charge in [0, 0.05) is 29.4 Å². The van der Waals surface area contributed by atoms with E-state index in [0.717, 1.165) is 52.9 Å². The average Bonchev–Trinajstić information content (AvgIpc) is 2.90. The van der Waals surface area contributed by atoms with Crippen LogP contribution in [0.2, 0.25) is 0 Å². The van der Waals surface area contributed by atoms with Crippen molar-refractivity contribution in [2.24, 2.45) is 0 Å². The highest BCUT2D eigenvalue weighted by molar-refractivity contribution is 9.10. The summed E-state index contributed by atoms with van der Waals surface area (Å²) in [5.74, 6) is 1.49. The van der Waals surface area contributed by atoms with Gasteiger partial charge in [0.05, 0.1) is 22.9 Å². The number of nitrogens with zero attached hydrogens (tertiary/aromatic N) is 2. The first-order valence-electron chi connectivity index (χ1n) is 10.3. The fourth-order valence-corrected chi connectivity index (χ4v) is 5.84. The molecule has 0 radical (unpaired) electrons. The Morgan fingerprint density at radius 1 is 1.33 bits per heavy atom. The first-order valence-corrected chi connectivity index (χ1v) is 11.9. The number of carbonyl (C=O) groups is 1. The maximum Gasteiger partial charge on any atom is 0.262 e. The number of ether oxygens (including phenoxy) is 1. The highest BCUT2D eigenvalue weighted by atomic mass is 79.9. The van der Waals surface area contributed by atoms with Gasteiger partial charge in [-0.1, -0.05) is 22.4 Å². The van der Waals surface area contributed by atoms with E-state index >= 15 is 0 Å². The van der Waals surface area contributed by atoms with Gasteiger partial charge in [-0.05, 0) is 43.5 Å². The van der Waals surface area contributed by atoms with E-state index in [9.17, 15) is 9.59 Å². The molecular weight excluding hydrogens is 466 g/mol. The minimum absolute atomic E-state index is 0.00922. The van der Waals surface area contributed by atoms with Crippen LogP contribution in [-0.4, -0.2) is 22.1 Å². The van der Waals surface area contributed by atoms with Gasteiger partial charge in [0.15, 0.2) is 0 Å². The molecule has 1 aromatic carbocycles. The van der Waals surface area contributed by atoms with E-state index in [-0.39, 0.29) is 17.5 Å². The number of halogens is 1. The minimum Gasteiger partial charge on any atom is -0.493 e. The number of rotatable bonds is 2. The molecule has 2 aliphatic heterocycles. The Kier molecular flexibility index (Phi) is 5.14. The van der Waals surface area contributed by atoms with Gasteiger partial charge < -0.3 is 10.1 Å². The summed E-state index contributed by atoms with van der Waals surface area (Å²) in [5.41, 5.74) is 1.68. The predicted octanol–water partition coefficient (Wildman–Crippen LogP) is 4.51. The second kappa shape index (κ2) is 7.81. The zero-order chi connectivity index (χ0) is 20.8. The summed E-state index contributed by atoms with van der Waals surface area (Å²) in [4.78, 5) is 32.4. The molecule has 8 heteroatoms. The number of nitrogens with one attached hydrogen (secondary N) is 1. The maximum absolute atomic E-state index is 13.2. The van der Waals surface area contributed by atoms with Gasteiger partial charge in [0.2, 0.25) is 0 Å². The number of hydrogen-bond donors (Lipinski definition) is 1. The summed E-state index contributed by atoms with van der Waals surface area (Å²) < 4.78 is 8.48. The number of carbonyl (C=O) groups excluding carboxylic acids is 1. The van der Waals surface area contributed by atoms with E-state index in [1.807, 2.05) is 29.7 Å². The third-order valence-electron chi connectivity index (χ3n) is 5.93. The number of amides is 1. The van der Waals surface area contributed by atoms with Crippen LogP contribution in [-0.2, 0) is 13.0 Å². The number of aryl methyl sites for hydroxylation is 2. The number of thiophene rings is 1. The van der Waals surface area contributed by atoms with Crippen molar-refractivity contribution < 1.29 is 9.53 Å². The minimum atomic E-state index is -0.159. The molecule has 6 nitrogen and oxygen atoms in total. The van der Waals surface area contributed by atoms with Crippen molar-refractivity contribution in [3.05, 3.63) is 54.9 Å². The molecule has 1 unspecified atom stereocenters. The molecule has 30 heavy (non-hydrogen) atoms. The molecule has 1 amide bonds. The summed E-state index contributed by atoms with van der Waals surface area (Å²) in [6.07, 6.45) is 4.68. The first kappa shape index (κ1) is 19.8. The Bertz CT molecular complexity index is 1220. The van der Waals surface area contributed by atoms with Crippen LogP contribution in [0.3, 0.4) is 0 Å². The van der Waals surface area contributed by atoms with Crippen molar-refractivity contribution in [1.29, 1.82) is 0 Å². The molecule has 5 rings (SSSR count). The summed E-state index contributed by atoms with van der Waals surface area (Å²) in [6, 6.07) is 5.71. The molecule has 156 valence electrons. The molecular formula is C22H22BrN3O3S. The van der Waals surface area contributed by atoms with E-state index in [1.165, 1.54) is 11.3 Å². The van der Waals surface area contributed by atoms with Crippen molar-refractivity contribution >= 4 is 43.4 Å². The Hall–Kier alpha value is -2.19. The third kappa shape index (κ3) is 3.36. The Morgan fingerprint density at radius 2 is 2.20 bits per heavy atom. The molecule has 1 atom stereocenters. The second-order valence-corrected chi connectivity index (χ2v) is 9.79. The van der Waals surface area contributed by atoms with E-state index in [4.69, 9.17) is 9.72 Å². The summed E-state index contributed by atoms with van der Waals surface area (Å²) in [7, 11) is 0. The summed E-state index contributed by atoms with van der Waals surface area (Å²) in [6.45, 7) is 3.12. The van der Waals surface area contributed by atoms with E-state index in [0.29, 0.717) is 34.7 Å². The molecule has 4 heterocycles. The van der Waals surface area contributed by atoms with Gasteiger partial charge in [0.25, 0.3) is 11.5 Å². The Morgan fingerprint density at radius 3 is 3.07 bits per heavy atom. The topological polar surface area (TPSA) is 73.2 Å². The lowest BCUT2D eigenvalue weighted by atomic mass is 10.0. The van der Waals surface area contributed by atoms with Crippen molar-refractivity contribution in [3.8, 4) is 5.75 Å². The molecule has 0 aliphatic carbocycles. The lowest BCUT2D eigenvalue weighted by Gasteiger charge is -2.26. The van der Waals surface area contributed by atoms with Crippen LogP contribution in [0.25, 0.3) is 10.2 Å². The molecule has 0 saturated heterocycles. The largest absolute Gasteiger partial charge is 0.493 e. The fraction of sp³-hybridized carbons (Fsp3) is 0.409. The lowest BCUT2D eigenvalue weighted by molar-refractivity contribution is 0.0928. The van der Waals surface area contributed by atoms with Crippen molar-refractivity contribution in [1.82, 2.24) is 14.9 Å². The second-order valence-electron chi connectivity index (χ2n) is 7.88. The standard InChI is InChI=1S/C22H22BrN3O3S/c1-12-18-21(25-17-5-3-2-4-9-26(17)22(18)28)30-19(12)20(27)24-15-8-10-29-16-7-6-13(23)11-14(15)16/h6-7,11,15H,2-5,8-10H2,1H3,(H,24,27). The Balaban J connectivity index is 1.51. The van der Waals surface area contributed by atoms with Crippen molar-refractivity contribution in [3.63, 3.8) is 0 Å². The predicted molar refractivity (Wildman–Crippen MR) is 121 cm³/mol. The highest BCUT2D eigenvalue weighted by Crippen LogP contribution is 2.35. The van der Waals surface area contributed by atoms with Crippen LogP contribution in [0.15, 0.2) is 27.5 Å². The lowest BCUT2D eigenvalue weighted by Crippen LogP contribution is -2.32. The van der Waals surface area contributed by atoms with Gasteiger partial charge in [-0.2, -0.15) is 0 Å². The molecule has 0 saturated carbocycles. The van der Waals surface area contributed by atoms with Gasteiger partial charge in [-0.15, -0.1) is 11.3 Å². The number of fused-ring (bicyclic) bond motifs is 3. The smallest absolute Gasteiger partial charge is 0.262 e. The quantitative estimate of drug-likeness (QED) is 0.576. The van der Waals surface area contributed by atoms with Crippen molar-refractivity contribution in [2.45, 2.75) is 51.6 Å². The highest BCUT2D eigenvalue weighted by Gasteiger charge is 2.27. The van der Waals surface area contributed by atoms with Gasteiger partial charge >= 0.3 is 0 Å². The van der Waals surface area contributed by atoms with Gasteiger partial charge in [-0.3, -0.25) is 14.2 Å². The van der Waals surface area contributed by atoms with Crippen LogP contribution < -0.4 is 15.6 Å². The first-order chi connectivity index (χ1) is 14.5. The molecule has 2 aromatic heterocycles. The van der Waals surface area contributed by atoms with Gasteiger partial charge in [-0.25, -0.2) is 4.98 Å². The molecule has 0 spiro atoms. The van der Waals surface area contributed by atoms with Crippen LogP contribution in [0.1, 0.15) is 58.3 Å². The number of aromatic nitrogens is 2. The summed E-state index contributed by atoms with van der Waals surface area (Å²) >= 11 is 4.82. The molecule has 0 fully saturated rings. The van der Waals surface area contributed by atoms with Gasteiger partial charge in [0.1, 0.15) is 16.4 Å². The van der Waals surface area contributed by atoms with Crippen LogP contribution in [0.4, 0.5) is 0 Å². The Labute approximate surface area is 186 Å². The monoisotopic (exact) mass is 487 g/mol. The zero-order valence-electron chi connectivity index (χ0n) is 16.7. The average molecular weight is 488 g/mol. The van der Waals surface area contributed by atoms with E-state index in [2.05, 4.69) is 21.2 Å².